The lowest BCUT2D eigenvalue weighted by Crippen LogP contribution is -2.04. The maximum absolute atomic E-state index is 12.9. The van der Waals surface area contributed by atoms with Gasteiger partial charge in [0.05, 0.1) is 0 Å². The van der Waals surface area contributed by atoms with Gasteiger partial charge in [-0.3, -0.25) is 0 Å². The molecule has 1 aliphatic carbocycles. The Morgan fingerprint density at radius 3 is 2.73 bits per heavy atom. The molecule has 0 spiro atoms. The summed E-state index contributed by atoms with van der Waals surface area (Å²) in [5.41, 5.74) is 0.223. The molecule has 1 unspecified atom stereocenters. The molecule has 0 nitrogen and oxygen atoms in total. The van der Waals surface area contributed by atoms with E-state index in [0.29, 0.717) is 6.42 Å². The molecule has 62 valence electrons. The summed E-state index contributed by atoms with van der Waals surface area (Å²) in [6, 6.07) is 0. The smallest absolute Gasteiger partial charge is 0.126 e. The van der Waals surface area contributed by atoms with Crippen LogP contribution in [0.2, 0.25) is 0 Å². The molecule has 0 fully saturated rings. The van der Waals surface area contributed by atoms with Crippen LogP contribution < -0.4 is 0 Å². The van der Waals surface area contributed by atoms with Crippen LogP contribution in [0.1, 0.15) is 19.8 Å². The highest BCUT2D eigenvalue weighted by molar-refractivity contribution is 9.09. The molecule has 3 heteroatoms. The number of rotatable bonds is 1. The molecule has 0 aromatic heterocycles. The van der Waals surface area contributed by atoms with Crippen molar-refractivity contribution in [2.45, 2.75) is 24.6 Å². The zero-order valence-electron chi connectivity index (χ0n) is 6.20. The molecule has 0 aliphatic heterocycles. The number of allylic oxidation sites excluding steroid dienone is 4. The van der Waals surface area contributed by atoms with Gasteiger partial charge in [-0.2, -0.15) is 0 Å². The Kier molecular flexibility index (Phi) is 2.82. The van der Waals surface area contributed by atoms with Gasteiger partial charge < -0.3 is 0 Å². The fourth-order valence-corrected chi connectivity index (χ4v) is 1.62. The standard InChI is InChI=1S/C8H9BrF2/c1-2-6-7(10)3-5(9)4-8(6)11/h3,5H,2,4H2,1H3. The number of hydrogen-bond donors (Lipinski definition) is 0. The average molecular weight is 223 g/mol. The second-order valence-electron chi connectivity index (χ2n) is 2.47. The SMILES string of the molecule is CCC1=C(F)CC(Br)C=C1F. The summed E-state index contributed by atoms with van der Waals surface area (Å²) in [4.78, 5) is -0.183. The lowest BCUT2D eigenvalue weighted by atomic mass is 10.0. The van der Waals surface area contributed by atoms with Gasteiger partial charge in [0.15, 0.2) is 0 Å². The van der Waals surface area contributed by atoms with Crippen LogP contribution in [0.25, 0.3) is 0 Å². The molecule has 0 aromatic rings. The van der Waals surface area contributed by atoms with Crippen molar-refractivity contribution in [3.63, 3.8) is 0 Å². The van der Waals surface area contributed by atoms with Gasteiger partial charge in [-0.15, -0.1) is 0 Å². The molecule has 0 heterocycles. The first-order valence-corrected chi connectivity index (χ1v) is 4.46. The van der Waals surface area contributed by atoms with E-state index in [2.05, 4.69) is 15.9 Å². The van der Waals surface area contributed by atoms with Crippen LogP contribution in [0.4, 0.5) is 8.78 Å². The third kappa shape index (κ3) is 1.89. The Hall–Kier alpha value is -0.180. The minimum atomic E-state index is -0.418. The van der Waals surface area contributed by atoms with Crippen LogP contribution in [0.15, 0.2) is 23.3 Å². The van der Waals surface area contributed by atoms with Crippen molar-refractivity contribution in [2.24, 2.45) is 0 Å². The summed E-state index contributed by atoms with van der Waals surface area (Å²) in [5, 5.41) is 0. The highest BCUT2D eigenvalue weighted by Gasteiger charge is 2.19. The summed E-state index contributed by atoms with van der Waals surface area (Å²) in [7, 11) is 0. The predicted molar refractivity (Wildman–Crippen MR) is 44.9 cm³/mol. The lowest BCUT2D eigenvalue weighted by Gasteiger charge is -2.13. The number of halogens is 3. The summed E-state index contributed by atoms with van der Waals surface area (Å²) in [5.74, 6) is -0.743. The van der Waals surface area contributed by atoms with Gasteiger partial charge in [0.25, 0.3) is 0 Å². The molecule has 0 radical (unpaired) electrons. The molecule has 0 saturated heterocycles. The first kappa shape index (κ1) is 8.91. The normalized spacial score (nSPS) is 25.5. The minimum Gasteiger partial charge on any atom is -0.211 e. The van der Waals surface area contributed by atoms with Crippen LogP contribution in [0.5, 0.6) is 0 Å². The van der Waals surface area contributed by atoms with Crippen LogP contribution >= 0.6 is 15.9 Å². The lowest BCUT2D eigenvalue weighted by molar-refractivity contribution is 0.538. The van der Waals surface area contributed by atoms with Crippen LogP contribution in [-0.2, 0) is 0 Å². The maximum atomic E-state index is 12.9. The third-order valence-corrected chi connectivity index (χ3v) is 2.26. The molecule has 0 saturated carbocycles. The van der Waals surface area contributed by atoms with Gasteiger partial charge in [0.2, 0.25) is 0 Å². The molecule has 0 N–H and O–H groups in total. The number of hydrogen-bond acceptors (Lipinski definition) is 0. The second-order valence-corrected chi connectivity index (χ2v) is 3.65. The van der Waals surface area contributed by atoms with E-state index in [0.717, 1.165) is 0 Å². The Labute approximate surface area is 73.1 Å². The third-order valence-electron chi connectivity index (χ3n) is 1.67. The van der Waals surface area contributed by atoms with Crippen molar-refractivity contribution >= 4 is 15.9 Å². The molecule has 1 aliphatic rings. The summed E-state index contributed by atoms with van der Waals surface area (Å²) >= 11 is 3.14. The van der Waals surface area contributed by atoms with E-state index >= 15 is 0 Å². The van der Waals surface area contributed by atoms with Crippen LogP contribution in [-0.4, -0.2) is 4.83 Å². The van der Waals surface area contributed by atoms with Crippen molar-refractivity contribution in [1.82, 2.24) is 0 Å². The Morgan fingerprint density at radius 2 is 2.27 bits per heavy atom. The van der Waals surface area contributed by atoms with Crippen LogP contribution in [0.3, 0.4) is 0 Å². The van der Waals surface area contributed by atoms with E-state index in [9.17, 15) is 8.78 Å². The fraction of sp³-hybridized carbons (Fsp3) is 0.500. The molecule has 0 amide bonds. The second kappa shape index (κ2) is 3.48. The summed E-state index contributed by atoms with van der Waals surface area (Å²) in [6.07, 6.45) is 2.10. The molecular weight excluding hydrogens is 214 g/mol. The van der Waals surface area contributed by atoms with Gasteiger partial charge in [-0.25, -0.2) is 8.78 Å². The average Bonchev–Trinajstić information content (AvgIpc) is 1.85. The molecular formula is C8H9BrF2. The maximum Gasteiger partial charge on any atom is 0.126 e. The van der Waals surface area contributed by atoms with Crippen molar-refractivity contribution in [3.05, 3.63) is 23.3 Å². The Bertz CT molecular complexity index is 218. The van der Waals surface area contributed by atoms with E-state index in [4.69, 9.17) is 0 Å². The van der Waals surface area contributed by atoms with Gasteiger partial charge in [0.1, 0.15) is 11.7 Å². The topological polar surface area (TPSA) is 0 Å². The van der Waals surface area contributed by atoms with E-state index in [1.165, 1.54) is 6.08 Å². The summed E-state index contributed by atoms with van der Waals surface area (Å²) < 4.78 is 25.8. The zero-order chi connectivity index (χ0) is 8.43. The van der Waals surface area contributed by atoms with Crippen molar-refractivity contribution in [3.8, 4) is 0 Å². The van der Waals surface area contributed by atoms with E-state index in [1.807, 2.05) is 0 Å². The monoisotopic (exact) mass is 222 g/mol. The first-order chi connectivity index (χ1) is 5.15. The van der Waals surface area contributed by atoms with Gasteiger partial charge in [-0.05, 0) is 12.5 Å². The minimum absolute atomic E-state index is 0.183. The van der Waals surface area contributed by atoms with Crippen molar-refractivity contribution in [2.75, 3.05) is 0 Å². The fourth-order valence-electron chi connectivity index (χ4n) is 1.10. The van der Waals surface area contributed by atoms with Gasteiger partial charge >= 0.3 is 0 Å². The van der Waals surface area contributed by atoms with Gasteiger partial charge in [-0.1, -0.05) is 22.9 Å². The van der Waals surface area contributed by atoms with Crippen molar-refractivity contribution in [1.29, 1.82) is 0 Å². The zero-order valence-corrected chi connectivity index (χ0v) is 7.79. The van der Waals surface area contributed by atoms with E-state index in [1.54, 1.807) is 6.92 Å². The molecule has 11 heavy (non-hydrogen) atoms. The number of alkyl halides is 1. The van der Waals surface area contributed by atoms with Gasteiger partial charge in [0, 0.05) is 16.8 Å². The predicted octanol–water partition coefficient (Wildman–Crippen LogP) is 3.64. The summed E-state index contributed by atoms with van der Waals surface area (Å²) in [6.45, 7) is 1.75. The molecule has 1 rings (SSSR count). The van der Waals surface area contributed by atoms with E-state index in [-0.39, 0.29) is 22.6 Å². The Balaban J connectivity index is 2.90. The highest BCUT2D eigenvalue weighted by atomic mass is 79.9. The first-order valence-electron chi connectivity index (χ1n) is 3.54. The molecule has 0 bridgehead atoms. The molecule has 1 atom stereocenters. The van der Waals surface area contributed by atoms with Crippen LogP contribution in [0, 0.1) is 0 Å². The molecule has 0 aromatic carbocycles. The highest BCUT2D eigenvalue weighted by Crippen LogP contribution is 2.32. The van der Waals surface area contributed by atoms with E-state index < -0.39 is 5.83 Å². The Morgan fingerprint density at radius 1 is 1.64 bits per heavy atom. The quantitative estimate of drug-likeness (QED) is 0.595. The largest absolute Gasteiger partial charge is 0.211 e. The van der Waals surface area contributed by atoms with Crippen molar-refractivity contribution < 1.29 is 8.78 Å².